The number of anilines is 1. The van der Waals surface area contributed by atoms with Crippen molar-refractivity contribution in [2.75, 3.05) is 38.2 Å². The number of nitrogens with one attached hydrogen (secondary N) is 1. The number of hydrogen-bond donors (Lipinski definition) is 1. The second kappa shape index (κ2) is 9.30. The van der Waals surface area contributed by atoms with Crippen LogP contribution in [0.15, 0.2) is 58.8 Å². The van der Waals surface area contributed by atoms with Crippen LogP contribution in [0, 0.1) is 0 Å². The summed E-state index contributed by atoms with van der Waals surface area (Å²) in [6.45, 7) is 0.963. The quantitative estimate of drug-likeness (QED) is 0.501. The molecule has 0 bridgehead atoms. The van der Waals surface area contributed by atoms with Gasteiger partial charge in [0.15, 0.2) is 5.13 Å². The molecule has 2 aliphatic rings. The highest BCUT2D eigenvalue weighted by Gasteiger charge is 2.36. The molecular formula is C23H20N4O6S2. The number of morpholine rings is 1. The molecule has 1 N–H and O–H groups in total. The average Bonchev–Trinajstić information content (AvgIpc) is 3.43. The molecule has 1 fully saturated rings. The van der Waals surface area contributed by atoms with Gasteiger partial charge in [-0.15, -0.1) is 11.3 Å². The first-order chi connectivity index (χ1) is 16.8. The molecule has 0 spiro atoms. The molecule has 0 atom stereocenters. The number of aromatic nitrogens is 1. The van der Waals surface area contributed by atoms with Gasteiger partial charge in [0.1, 0.15) is 6.54 Å². The maximum absolute atomic E-state index is 12.8. The van der Waals surface area contributed by atoms with E-state index < -0.39 is 34.3 Å². The van der Waals surface area contributed by atoms with Crippen molar-refractivity contribution >= 4 is 44.2 Å². The minimum atomic E-state index is -3.59. The van der Waals surface area contributed by atoms with E-state index in [0.717, 1.165) is 4.90 Å². The number of carbonyl (C=O) groups is 3. The van der Waals surface area contributed by atoms with Gasteiger partial charge < -0.3 is 10.1 Å². The summed E-state index contributed by atoms with van der Waals surface area (Å²) in [5.74, 6) is -1.56. The predicted molar refractivity (Wildman–Crippen MR) is 128 cm³/mol. The lowest BCUT2D eigenvalue weighted by atomic mass is 10.1. The molecule has 0 radical (unpaired) electrons. The summed E-state index contributed by atoms with van der Waals surface area (Å²) in [5, 5.41) is 4.64. The van der Waals surface area contributed by atoms with E-state index in [1.165, 1.54) is 27.8 Å². The highest BCUT2D eigenvalue weighted by atomic mass is 32.2. The summed E-state index contributed by atoms with van der Waals surface area (Å²) in [6.07, 6.45) is 0. The van der Waals surface area contributed by atoms with Crippen molar-refractivity contribution in [1.29, 1.82) is 0 Å². The third-order valence-electron chi connectivity index (χ3n) is 5.69. The molecule has 1 saturated heterocycles. The number of amides is 3. The topological polar surface area (TPSA) is 126 Å². The summed E-state index contributed by atoms with van der Waals surface area (Å²) < 4.78 is 32.2. The lowest BCUT2D eigenvalue weighted by Crippen LogP contribution is -2.40. The van der Waals surface area contributed by atoms with Crippen LogP contribution in [-0.2, 0) is 19.6 Å². The normalized spacial score (nSPS) is 16.4. The zero-order valence-corrected chi connectivity index (χ0v) is 20.0. The van der Waals surface area contributed by atoms with Gasteiger partial charge in [-0.2, -0.15) is 4.31 Å². The molecule has 12 heteroatoms. The van der Waals surface area contributed by atoms with Crippen LogP contribution in [0.3, 0.4) is 0 Å². The SMILES string of the molecule is O=C(CN1C(=O)c2ccccc2C1=O)Nc1nc(-c2ccc(S(=O)(=O)N3CCOCC3)cc2)cs1. The number of imide groups is 1. The summed E-state index contributed by atoms with van der Waals surface area (Å²) in [7, 11) is -3.59. The van der Waals surface area contributed by atoms with Gasteiger partial charge in [0.05, 0.1) is 34.9 Å². The van der Waals surface area contributed by atoms with Gasteiger partial charge in [0.25, 0.3) is 11.8 Å². The first kappa shape index (κ1) is 23.3. The molecule has 3 amide bonds. The fourth-order valence-corrected chi connectivity index (χ4v) is 6.03. The Labute approximate surface area is 205 Å². The monoisotopic (exact) mass is 512 g/mol. The molecule has 0 aliphatic carbocycles. The minimum absolute atomic E-state index is 0.188. The van der Waals surface area contributed by atoms with Crippen LogP contribution < -0.4 is 5.32 Å². The summed E-state index contributed by atoms with van der Waals surface area (Å²) in [4.78, 5) is 42.8. The van der Waals surface area contributed by atoms with Crippen LogP contribution in [0.5, 0.6) is 0 Å². The number of benzene rings is 2. The molecule has 3 aromatic rings. The number of nitrogens with zero attached hydrogens (tertiary/aromatic N) is 3. The zero-order chi connectivity index (χ0) is 24.6. The van der Waals surface area contributed by atoms with Crippen molar-refractivity contribution in [3.63, 3.8) is 0 Å². The predicted octanol–water partition coefficient (Wildman–Crippen LogP) is 2.07. The number of thiazole rings is 1. The Morgan fingerprint density at radius 2 is 1.63 bits per heavy atom. The van der Waals surface area contributed by atoms with Gasteiger partial charge in [-0.25, -0.2) is 13.4 Å². The number of sulfonamides is 1. The van der Waals surface area contributed by atoms with Gasteiger partial charge in [-0.3, -0.25) is 19.3 Å². The van der Waals surface area contributed by atoms with E-state index >= 15 is 0 Å². The van der Waals surface area contributed by atoms with Crippen molar-refractivity contribution < 1.29 is 27.5 Å². The molecule has 5 rings (SSSR count). The van der Waals surface area contributed by atoms with Gasteiger partial charge in [0.2, 0.25) is 15.9 Å². The van der Waals surface area contributed by atoms with Crippen molar-refractivity contribution in [1.82, 2.24) is 14.2 Å². The summed E-state index contributed by atoms with van der Waals surface area (Å²) in [5.41, 5.74) is 1.80. The van der Waals surface area contributed by atoms with E-state index in [0.29, 0.717) is 42.7 Å². The smallest absolute Gasteiger partial charge is 0.262 e. The lowest BCUT2D eigenvalue weighted by molar-refractivity contribution is -0.116. The van der Waals surface area contributed by atoms with E-state index in [1.807, 2.05) is 0 Å². The first-order valence-corrected chi connectivity index (χ1v) is 13.1. The molecule has 1 aromatic heterocycles. The van der Waals surface area contributed by atoms with Crippen molar-refractivity contribution in [2.45, 2.75) is 4.90 Å². The largest absolute Gasteiger partial charge is 0.379 e. The summed E-state index contributed by atoms with van der Waals surface area (Å²) >= 11 is 1.18. The Balaban J connectivity index is 1.24. The van der Waals surface area contributed by atoms with Gasteiger partial charge in [-0.1, -0.05) is 24.3 Å². The lowest BCUT2D eigenvalue weighted by Gasteiger charge is -2.26. The molecule has 0 saturated carbocycles. The molecule has 35 heavy (non-hydrogen) atoms. The Bertz CT molecular complexity index is 1380. The van der Waals surface area contributed by atoms with E-state index in [2.05, 4.69) is 10.3 Å². The van der Waals surface area contributed by atoms with E-state index in [9.17, 15) is 22.8 Å². The van der Waals surface area contributed by atoms with E-state index in [1.54, 1.807) is 41.8 Å². The third-order valence-corrected chi connectivity index (χ3v) is 8.36. The second-order valence-electron chi connectivity index (χ2n) is 7.87. The summed E-state index contributed by atoms with van der Waals surface area (Å²) in [6, 6.07) is 12.8. The van der Waals surface area contributed by atoms with Crippen LogP contribution in [-0.4, -0.2) is 73.2 Å². The maximum atomic E-state index is 12.8. The van der Waals surface area contributed by atoms with E-state index in [-0.39, 0.29) is 16.0 Å². The van der Waals surface area contributed by atoms with Crippen molar-refractivity contribution in [3.05, 3.63) is 65.0 Å². The first-order valence-electron chi connectivity index (χ1n) is 10.7. The number of hydrogen-bond acceptors (Lipinski definition) is 8. The molecule has 10 nitrogen and oxygen atoms in total. The standard InChI is InChI=1S/C23H20N4O6S2/c28-20(13-27-21(29)17-3-1-2-4-18(17)22(27)30)25-23-24-19(14-34-23)15-5-7-16(8-6-15)35(31,32)26-9-11-33-12-10-26/h1-8,14H,9-13H2,(H,24,25,28). The Morgan fingerprint density at radius 3 is 2.26 bits per heavy atom. The molecule has 0 unspecified atom stereocenters. The molecule has 2 aromatic carbocycles. The third kappa shape index (κ3) is 4.48. The van der Waals surface area contributed by atoms with Crippen LogP contribution in [0.1, 0.15) is 20.7 Å². The van der Waals surface area contributed by atoms with Crippen LogP contribution in [0.2, 0.25) is 0 Å². The number of ether oxygens (including phenoxy) is 1. The van der Waals surface area contributed by atoms with Crippen molar-refractivity contribution in [3.8, 4) is 11.3 Å². The van der Waals surface area contributed by atoms with E-state index in [4.69, 9.17) is 4.74 Å². The van der Waals surface area contributed by atoms with Gasteiger partial charge in [0, 0.05) is 24.0 Å². The fourth-order valence-electron chi connectivity index (χ4n) is 3.88. The highest BCUT2D eigenvalue weighted by molar-refractivity contribution is 7.89. The van der Waals surface area contributed by atoms with Gasteiger partial charge in [-0.05, 0) is 24.3 Å². The Hall–Kier alpha value is -3.45. The minimum Gasteiger partial charge on any atom is -0.379 e. The number of fused-ring (bicyclic) bond motifs is 1. The average molecular weight is 513 g/mol. The molecule has 180 valence electrons. The zero-order valence-electron chi connectivity index (χ0n) is 18.3. The van der Waals surface area contributed by atoms with Crippen LogP contribution in [0.25, 0.3) is 11.3 Å². The van der Waals surface area contributed by atoms with Gasteiger partial charge >= 0.3 is 0 Å². The van der Waals surface area contributed by atoms with Crippen LogP contribution in [0.4, 0.5) is 5.13 Å². The van der Waals surface area contributed by atoms with Crippen LogP contribution >= 0.6 is 11.3 Å². The van der Waals surface area contributed by atoms with Crippen molar-refractivity contribution in [2.24, 2.45) is 0 Å². The highest BCUT2D eigenvalue weighted by Crippen LogP contribution is 2.27. The molecule has 3 heterocycles. The molecular weight excluding hydrogens is 492 g/mol. The Morgan fingerprint density at radius 1 is 1.00 bits per heavy atom. The maximum Gasteiger partial charge on any atom is 0.262 e. The number of rotatable bonds is 6. The fraction of sp³-hybridized carbons (Fsp3) is 0.217. The number of carbonyl (C=O) groups excluding carboxylic acids is 3. The second-order valence-corrected chi connectivity index (χ2v) is 10.7. The molecule has 2 aliphatic heterocycles. The Kier molecular flexibility index (Phi) is 6.19.